The Morgan fingerprint density at radius 3 is 2.58 bits per heavy atom. The van der Waals surface area contributed by atoms with Crippen molar-refractivity contribution < 1.29 is 14.3 Å². The third kappa shape index (κ3) is 3.91. The molecule has 0 aromatic heterocycles. The van der Waals surface area contributed by atoms with Gasteiger partial charge in [-0.3, -0.25) is 14.5 Å². The summed E-state index contributed by atoms with van der Waals surface area (Å²) < 4.78 is 5.42. The fourth-order valence-electron chi connectivity index (χ4n) is 2.56. The first-order valence-corrected chi connectivity index (χ1v) is 7.10. The first-order valence-electron chi connectivity index (χ1n) is 7.10. The summed E-state index contributed by atoms with van der Waals surface area (Å²) in [6.45, 7) is 6.61. The van der Waals surface area contributed by atoms with E-state index in [1.807, 2.05) is 11.8 Å². The highest BCUT2D eigenvalue weighted by molar-refractivity contribution is 5.81. The van der Waals surface area contributed by atoms with Crippen molar-refractivity contribution in [2.45, 2.75) is 25.9 Å². The first-order chi connectivity index (χ1) is 9.20. The molecule has 6 nitrogen and oxygen atoms in total. The lowest BCUT2D eigenvalue weighted by Gasteiger charge is -2.35. The number of ether oxygens (including phenoxy) is 1. The smallest absolute Gasteiger partial charge is 0.251 e. The Hall–Kier alpha value is -1.14. The van der Waals surface area contributed by atoms with Gasteiger partial charge in [-0.25, -0.2) is 0 Å². The predicted molar refractivity (Wildman–Crippen MR) is 70.7 cm³/mol. The summed E-state index contributed by atoms with van der Waals surface area (Å²) in [6.07, 6.45) is 1.60. The van der Waals surface area contributed by atoms with E-state index in [0.717, 1.165) is 25.9 Å². The molecule has 6 heteroatoms. The van der Waals surface area contributed by atoms with Gasteiger partial charge in [0.2, 0.25) is 5.91 Å². The second kappa shape index (κ2) is 6.86. The number of likely N-dealkylation sites (N-methyl/N-ethyl adjacent to an activating group) is 1. The Labute approximate surface area is 114 Å². The number of piperazine rings is 1. The molecule has 0 spiro atoms. The summed E-state index contributed by atoms with van der Waals surface area (Å²) in [7, 11) is 0. The summed E-state index contributed by atoms with van der Waals surface area (Å²) in [5, 5.41) is 2.79. The fraction of sp³-hybridized carbons (Fsp3) is 0.846. The molecule has 0 saturated carbocycles. The molecular weight excluding hydrogens is 246 g/mol. The maximum absolute atomic E-state index is 12.1. The van der Waals surface area contributed by atoms with Crippen LogP contribution in [0.4, 0.5) is 0 Å². The van der Waals surface area contributed by atoms with Gasteiger partial charge in [0, 0.05) is 39.3 Å². The van der Waals surface area contributed by atoms with Crippen LogP contribution in [0, 0.1) is 0 Å². The van der Waals surface area contributed by atoms with Crippen molar-refractivity contribution in [3.63, 3.8) is 0 Å². The maximum atomic E-state index is 12.1. The summed E-state index contributed by atoms with van der Waals surface area (Å²) >= 11 is 0. The minimum Gasteiger partial charge on any atom is -0.368 e. The summed E-state index contributed by atoms with van der Waals surface area (Å²) in [6, 6.07) is 0. The van der Waals surface area contributed by atoms with Gasteiger partial charge >= 0.3 is 0 Å². The third-order valence-electron chi connectivity index (χ3n) is 3.63. The quantitative estimate of drug-likeness (QED) is 0.743. The van der Waals surface area contributed by atoms with E-state index in [1.54, 1.807) is 0 Å². The molecule has 0 aromatic rings. The first kappa shape index (κ1) is 14.3. The van der Waals surface area contributed by atoms with Crippen LogP contribution in [0.5, 0.6) is 0 Å². The van der Waals surface area contributed by atoms with E-state index >= 15 is 0 Å². The van der Waals surface area contributed by atoms with Crippen molar-refractivity contribution in [3.05, 3.63) is 0 Å². The molecule has 2 fully saturated rings. The summed E-state index contributed by atoms with van der Waals surface area (Å²) in [5.41, 5.74) is 0. The van der Waals surface area contributed by atoms with Gasteiger partial charge in [-0.05, 0) is 19.8 Å². The number of nitrogens with zero attached hydrogens (tertiary/aromatic N) is 2. The van der Waals surface area contributed by atoms with Crippen LogP contribution in [-0.4, -0.2) is 73.6 Å². The molecule has 0 bridgehead atoms. The lowest BCUT2D eigenvalue weighted by molar-refractivity contribution is -0.142. The van der Waals surface area contributed by atoms with Crippen LogP contribution in [0.1, 0.15) is 19.8 Å². The molecule has 0 radical (unpaired) electrons. The lowest BCUT2D eigenvalue weighted by Crippen LogP contribution is -2.53. The molecule has 2 heterocycles. The number of amides is 2. The molecule has 1 unspecified atom stereocenters. The molecule has 2 rings (SSSR count). The van der Waals surface area contributed by atoms with Crippen molar-refractivity contribution in [2.24, 2.45) is 0 Å². The van der Waals surface area contributed by atoms with Crippen LogP contribution < -0.4 is 5.32 Å². The number of rotatable bonds is 4. The Bertz CT molecular complexity index is 321. The van der Waals surface area contributed by atoms with Gasteiger partial charge in [-0.1, -0.05) is 0 Å². The molecule has 0 aromatic carbocycles. The van der Waals surface area contributed by atoms with Gasteiger partial charge < -0.3 is 15.0 Å². The monoisotopic (exact) mass is 269 g/mol. The Balaban J connectivity index is 1.72. The van der Waals surface area contributed by atoms with E-state index in [9.17, 15) is 9.59 Å². The molecule has 1 atom stereocenters. The van der Waals surface area contributed by atoms with E-state index in [-0.39, 0.29) is 17.9 Å². The molecule has 2 saturated heterocycles. The van der Waals surface area contributed by atoms with Crippen LogP contribution >= 0.6 is 0 Å². The van der Waals surface area contributed by atoms with Crippen LogP contribution in [0.2, 0.25) is 0 Å². The van der Waals surface area contributed by atoms with E-state index in [4.69, 9.17) is 4.74 Å². The van der Waals surface area contributed by atoms with Gasteiger partial charge in [0.15, 0.2) is 0 Å². The standard InChI is InChI=1S/C13H23N3O3/c1-2-14-12(17)10-15-5-7-16(8-6-15)13(18)11-4-3-9-19-11/h11H,2-10H2,1H3,(H,14,17). The topological polar surface area (TPSA) is 61.9 Å². The minimum atomic E-state index is -0.227. The van der Waals surface area contributed by atoms with Crippen LogP contribution in [0.15, 0.2) is 0 Å². The Morgan fingerprint density at radius 2 is 2.00 bits per heavy atom. The van der Waals surface area contributed by atoms with E-state index in [0.29, 0.717) is 32.8 Å². The minimum absolute atomic E-state index is 0.0569. The van der Waals surface area contributed by atoms with E-state index in [1.165, 1.54) is 0 Å². The molecule has 108 valence electrons. The third-order valence-corrected chi connectivity index (χ3v) is 3.63. The van der Waals surface area contributed by atoms with Crippen LogP contribution in [0.25, 0.3) is 0 Å². The number of nitrogens with one attached hydrogen (secondary N) is 1. The zero-order valence-electron chi connectivity index (χ0n) is 11.6. The largest absolute Gasteiger partial charge is 0.368 e. The highest BCUT2D eigenvalue weighted by atomic mass is 16.5. The Morgan fingerprint density at radius 1 is 1.26 bits per heavy atom. The average Bonchev–Trinajstić information content (AvgIpc) is 2.93. The zero-order valence-corrected chi connectivity index (χ0v) is 11.6. The summed E-state index contributed by atoms with van der Waals surface area (Å²) in [4.78, 5) is 27.6. The number of hydrogen-bond acceptors (Lipinski definition) is 4. The van der Waals surface area contributed by atoms with Crippen LogP contribution in [0.3, 0.4) is 0 Å². The number of carbonyl (C=O) groups excluding carboxylic acids is 2. The van der Waals surface area contributed by atoms with Crippen molar-refractivity contribution in [3.8, 4) is 0 Å². The maximum Gasteiger partial charge on any atom is 0.251 e. The second-order valence-corrected chi connectivity index (χ2v) is 5.06. The normalized spacial score (nSPS) is 24.5. The van der Waals surface area contributed by atoms with Gasteiger partial charge in [0.25, 0.3) is 5.91 Å². The van der Waals surface area contributed by atoms with Gasteiger partial charge in [-0.15, -0.1) is 0 Å². The molecule has 2 amide bonds. The average molecular weight is 269 g/mol. The highest BCUT2D eigenvalue weighted by Gasteiger charge is 2.30. The Kier molecular flexibility index (Phi) is 5.15. The van der Waals surface area contributed by atoms with Crippen molar-refractivity contribution >= 4 is 11.8 Å². The SMILES string of the molecule is CCNC(=O)CN1CCN(C(=O)C2CCCO2)CC1. The van der Waals surface area contributed by atoms with Crippen molar-refractivity contribution in [1.29, 1.82) is 0 Å². The second-order valence-electron chi connectivity index (χ2n) is 5.06. The lowest BCUT2D eigenvalue weighted by atomic mass is 10.2. The van der Waals surface area contributed by atoms with E-state index < -0.39 is 0 Å². The zero-order chi connectivity index (χ0) is 13.7. The summed E-state index contributed by atoms with van der Waals surface area (Å²) in [5.74, 6) is 0.177. The van der Waals surface area contributed by atoms with Gasteiger partial charge in [-0.2, -0.15) is 0 Å². The van der Waals surface area contributed by atoms with Gasteiger partial charge in [0.05, 0.1) is 6.54 Å². The van der Waals surface area contributed by atoms with Crippen molar-refractivity contribution in [1.82, 2.24) is 15.1 Å². The fourth-order valence-corrected chi connectivity index (χ4v) is 2.56. The van der Waals surface area contributed by atoms with Crippen LogP contribution in [-0.2, 0) is 14.3 Å². The number of hydrogen-bond donors (Lipinski definition) is 1. The highest BCUT2D eigenvalue weighted by Crippen LogP contribution is 2.15. The molecule has 2 aliphatic rings. The molecule has 19 heavy (non-hydrogen) atoms. The molecular formula is C13H23N3O3. The van der Waals surface area contributed by atoms with Crippen molar-refractivity contribution in [2.75, 3.05) is 45.9 Å². The number of carbonyl (C=O) groups is 2. The molecule has 0 aliphatic carbocycles. The van der Waals surface area contributed by atoms with E-state index in [2.05, 4.69) is 10.2 Å². The molecule has 2 aliphatic heterocycles. The predicted octanol–water partition coefficient (Wildman–Crippen LogP) is -0.554. The molecule has 1 N–H and O–H groups in total. The van der Waals surface area contributed by atoms with Gasteiger partial charge in [0.1, 0.15) is 6.10 Å².